The maximum Gasteiger partial charge on any atom is 0.0673 e. The van der Waals surface area contributed by atoms with Crippen molar-refractivity contribution in [2.45, 2.75) is 51.3 Å². The second kappa shape index (κ2) is 7.16. The van der Waals surface area contributed by atoms with Crippen molar-refractivity contribution in [2.75, 3.05) is 13.1 Å². The zero-order valence-corrected chi connectivity index (χ0v) is 12.6. The number of rotatable bonds is 5. The molecule has 3 unspecified atom stereocenters. The highest BCUT2D eigenvalue weighted by atomic mass is 16.3. The normalized spacial score (nSPS) is 22.4. The molecular weight excluding hydrogens is 250 g/mol. The van der Waals surface area contributed by atoms with E-state index in [1.807, 2.05) is 25.3 Å². The van der Waals surface area contributed by atoms with Crippen molar-refractivity contribution in [3.8, 4) is 0 Å². The first-order chi connectivity index (χ1) is 9.63. The Kier molecular flexibility index (Phi) is 5.52. The molecule has 2 heterocycles. The van der Waals surface area contributed by atoms with Gasteiger partial charge in [-0.05, 0) is 57.3 Å². The molecule has 0 radical (unpaired) electrons. The third-order valence-corrected chi connectivity index (χ3v) is 4.52. The van der Waals surface area contributed by atoms with Gasteiger partial charge in [0.15, 0.2) is 0 Å². The summed E-state index contributed by atoms with van der Waals surface area (Å²) in [6.45, 7) is 6.01. The van der Waals surface area contributed by atoms with Crippen molar-refractivity contribution in [3.63, 3.8) is 0 Å². The molecule has 112 valence electrons. The molecular formula is C16H27N3O. The van der Waals surface area contributed by atoms with Crippen LogP contribution in [-0.4, -0.2) is 40.2 Å². The molecule has 0 spiro atoms. The Hall–Kier alpha value is -0.970. The molecule has 1 aliphatic rings. The monoisotopic (exact) mass is 277 g/mol. The summed E-state index contributed by atoms with van der Waals surface area (Å²) in [7, 11) is 0. The third kappa shape index (κ3) is 3.57. The van der Waals surface area contributed by atoms with Crippen LogP contribution in [0.1, 0.15) is 44.8 Å². The molecule has 1 aliphatic heterocycles. The van der Waals surface area contributed by atoms with Gasteiger partial charge in [0.25, 0.3) is 0 Å². The van der Waals surface area contributed by atoms with E-state index in [2.05, 4.69) is 22.9 Å². The average Bonchev–Trinajstić information content (AvgIpc) is 2.49. The molecule has 0 aliphatic carbocycles. The fourth-order valence-electron chi connectivity index (χ4n) is 3.13. The zero-order valence-electron chi connectivity index (χ0n) is 12.6. The van der Waals surface area contributed by atoms with Crippen molar-refractivity contribution >= 4 is 0 Å². The maximum atomic E-state index is 9.72. The first kappa shape index (κ1) is 15.4. The summed E-state index contributed by atoms with van der Waals surface area (Å²) in [6, 6.07) is 6.34. The standard InChI is InChI=1S/C16H27N3O/c1-3-14(17)16(15-6-4-5-9-18-15)19-10-7-13(8-11-19)12(2)20/h4-6,9,12-14,16,20H,3,7-8,10-11,17H2,1-2H3. The van der Waals surface area contributed by atoms with E-state index in [-0.39, 0.29) is 18.2 Å². The van der Waals surface area contributed by atoms with Crippen molar-refractivity contribution < 1.29 is 5.11 Å². The summed E-state index contributed by atoms with van der Waals surface area (Å²) >= 11 is 0. The number of aliphatic hydroxyl groups excluding tert-OH is 1. The largest absolute Gasteiger partial charge is 0.393 e. The lowest BCUT2D eigenvalue weighted by atomic mass is 9.89. The van der Waals surface area contributed by atoms with Crippen LogP contribution in [0.4, 0.5) is 0 Å². The lowest BCUT2D eigenvalue weighted by Gasteiger charge is -2.40. The SMILES string of the molecule is CCC(N)C(c1ccccn1)N1CCC(C(C)O)CC1. The van der Waals surface area contributed by atoms with Crippen LogP contribution in [0.2, 0.25) is 0 Å². The lowest BCUT2D eigenvalue weighted by molar-refractivity contribution is 0.0486. The van der Waals surface area contributed by atoms with Gasteiger partial charge in [0, 0.05) is 12.2 Å². The summed E-state index contributed by atoms with van der Waals surface area (Å²) in [5.41, 5.74) is 7.41. The van der Waals surface area contributed by atoms with Gasteiger partial charge < -0.3 is 10.8 Å². The third-order valence-electron chi connectivity index (χ3n) is 4.52. The number of nitrogens with zero attached hydrogens (tertiary/aromatic N) is 2. The highest BCUT2D eigenvalue weighted by Crippen LogP contribution is 2.29. The summed E-state index contributed by atoms with van der Waals surface area (Å²) < 4.78 is 0. The Labute approximate surface area is 122 Å². The number of piperidine rings is 1. The van der Waals surface area contributed by atoms with Crippen molar-refractivity contribution in [1.29, 1.82) is 0 Å². The molecule has 1 saturated heterocycles. The van der Waals surface area contributed by atoms with Gasteiger partial charge in [0.1, 0.15) is 0 Å². The van der Waals surface area contributed by atoms with Gasteiger partial charge in [-0.3, -0.25) is 9.88 Å². The predicted octanol–water partition coefficient (Wildman–Crippen LogP) is 1.95. The molecule has 1 fully saturated rings. The number of aliphatic hydroxyl groups is 1. The summed E-state index contributed by atoms with van der Waals surface area (Å²) in [4.78, 5) is 6.95. The van der Waals surface area contributed by atoms with Crippen LogP contribution in [0, 0.1) is 5.92 Å². The molecule has 1 aromatic heterocycles. The van der Waals surface area contributed by atoms with Crippen LogP contribution in [0.15, 0.2) is 24.4 Å². The Morgan fingerprint density at radius 3 is 2.60 bits per heavy atom. The lowest BCUT2D eigenvalue weighted by Crippen LogP contribution is -2.46. The smallest absolute Gasteiger partial charge is 0.0673 e. The highest BCUT2D eigenvalue weighted by molar-refractivity contribution is 5.12. The fourth-order valence-corrected chi connectivity index (χ4v) is 3.13. The number of aromatic nitrogens is 1. The molecule has 20 heavy (non-hydrogen) atoms. The van der Waals surface area contributed by atoms with E-state index in [0.29, 0.717) is 5.92 Å². The molecule has 1 aromatic rings. The van der Waals surface area contributed by atoms with E-state index in [9.17, 15) is 5.11 Å². The van der Waals surface area contributed by atoms with Crippen LogP contribution in [0.25, 0.3) is 0 Å². The van der Waals surface area contributed by atoms with Gasteiger partial charge in [0.05, 0.1) is 17.8 Å². The number of nitrogens with two attached hydrogens (primary N) is 1. The Bertz CT molecular complexity index is 388. The molecule has 4 heteroatoms. The van der Waals surface area contributed by atoms with Crippen LogP contribution < -0.4 is 5.73 Å². The zero-order chi connectivity index (χ0) is 14.5. The van der Waals surface area contributed by atoms with Gasteiger partial charge in [-0.1, -0.05) is 13.0 Å². The molecule has 0 bridgehead atoms. The molecule has 3 atom stereocenters. The number of hydrogen-bond acceptors (Lipinski definition) is 4. The summed E-state index contributed by atoms with van der Waals surface area (Å²) in [5.74, 6) is 0.425. The quantitative estimate of drug-likeness (QED) is 0.863. The molecule has 4 nitrogen and oxygen atoms in total. The number of pyridine rings is 1. The van der Waals surface area contributed by atoms with E-state index in [4.69, 9.17) is 5.73 Å². The molecule has 0 saturated carbocycles. The van der Waals surface area contributed by atoms with E-state index >= 15 is 0 Å². The second-order valence-electron chi connectivity index (χ2n) is 5.89. The maximum absolute atomic E-state index is 9.72. The number of likely N-dealkylation sites (tertiary alicyclic amines) is 1. The van der Waals surface area contributed by atoms with Gasteiger partial charge in [-0.25, -0.2) is 0 Å². The van der Waals surface area contributed by atoms with Crippen LogP contribution >= 0.6 is 0 Å². The average molecular weight is 277 g/mol. The molecule has 0 amide bonds. The van der Waals surface area contributed by atoms with Crippen LogP contribution in [0.3, 0.4) is 0 Å². The number of hydrogen-bond donors (Lipinski definition) is 2. The Morgan fingerprint density at radius 1 is 1.40 bits per heavy atom. The van der Waals surface area contributed by atoms with Crippen LogP contribution in [0.5, 0.6) is 0 Å². The van der Waals surface area contributed by atoms with Crippen molar-refractivity contribution in [1.82, 2.24) is 9.88 Å². The van der Waals surface area contributed by atoms with E-state index in [1.54, 1.807) is 0 Å². The van der Waals surface area contributed by atoms with Gasteiger partial charge in [0.2, 0.25) is 0 Å². The minimum atomic E-state index is -0.203. The molecule has 3 N–H and O–H groups in total. The first-order valence-electron chi connectivity index (χ1n) is 7.72. The van der Waals surface area contributed by atoms with E-state index in [0.717, 1.165) is 38.0 Å². The minimum absolute atomic E-state index is 0.105. The Balaban J connectivity index is 2.09. The predicted molar refractivity (Wildman–Crippen MR) is 81.2 cm³/mol. The van der Waals surface area contributed by atoms with Crippen LogP contribution in [-0.2, 0) is 0 Å². The van der Waals surface area contributed by atoms with Crippen molar-refractivity contribution in [2.24, 2.45) is 11.7 Å². The topological polar surface area (TPSA) is 62.4 Å². The highest BCUT2D eigenvalue weighted by Gasteiger charge is 2.31. The van der Waals surface area contributed by atoms with E-state index in [1.165, 1.54) is 0 Å². The van der Waals surface area contributed by atoms with Gasteiger partial charge in [-0.15, -0.1) is 0 Å². The minimum Gasteiger partial charge on any atom is -0.393 e. The first-order valence-corrected chi connectivity index (χ1v) is 7.72. The second-order valence-corrected chi connectivity index (χ2v) is 5.89. The molecule has 2 rings (SSSR count). The molecule has 0 aromatic carbocycles. The summed E-state index contributed by atoms with van der Waals surface area (Å²) in [6.07, 6.45) is 4.66. The van der Waals surface area contributed by atoms with E-state index < -0.39 is 0 Å². The fraction of sp³-hybridized carbons (Fsp3) is 0.688. The van der Waals surface area contributed by atoms with Gasteiger partial charge in [-0.2, -0.15) is 0 Å². The van der Waals surface area contributed by atoms with Crippen molar-refractivity contribution in [3.05, 3.63) is 30.1 Å². The summed E-state index contributed by atoms with van der Waals surface area (Å²) in [5, 5.41) is 9.72. The Morgan fingerprint density at radius 2 is 2.10 bits per heavy atom. The van der Waals surface area contributed by atoms with Gasteiger partial charge >= 0.3 is 0 Å².